The van der Waals surface area contributed by atoms with Crippen molar-refractivity contribution in [3.05, 3.63) is 57.6 Å². The van der Waals surface area contributed by atoms with Crippen molar-refractivity contribution in [2.24, 2.45) is 0 Å². The molecule has 2 aromatic carbocycles. The lowest BCUT2D eigenvalue weighted by Gasteiger charge is -2.13. The van der Waals surface area contributed by atoms with Gasteiger partial charge >= 0.3 is 6.18 Å². The van der Waals surface area contributed by atoms with Gasteiger partial charge < -0.3 is 5.32 Å². The van der Waals surface area contributed by atoms with E-state index in [4.69, 9.17) is 0 Å². The summed E-state index contributed by atoms with van der Waals surface area (Å²) in [4.78, 5) is 12.3. The molecular formula is C16H14BrF3N2O3S. The van der Waals surface area contributed by atoms with E-state index in [9.17, 15) is 26.4 Å². The van der Waals surface area contributed by atoms with E-state index in [2.05, 4.69) is 26.0 Å². The Bertz CT molecular complexity index is 960. The molecule has 2 rings (SSSR count). The predicted octanol–water partition coefficient (Wildman–Crippen LogP) is 3.94. The van der Waals surface area contributed by atoms with Crippen molar-refractivity contribution in [1.29, 1.82) is 0 Å². The standard InChI is InChI=1S/C16H14BrF3N2O3S/c1-9-3-5-11(26(24,25)21-2)8-12(9)15(23)22-10-4-6-14(17)13(7-10)16(18,19)20/h3-8,21H,1-2H3,(H,22,23). The Hall–Kier alpha value is -1.91. The maximum absolute atomic E-state index is 13.0. The van der Waals surface area contributed by atoms with Crippen LogP contribution in [-0.2, 0) is 16.2 Å². The number of alkyl halides is 3. The minimum Gasteiger partial charge on any atom is -0.322 e. The third-order valence-electron chi connectivity index (χ3n) is 3.56. The lowest BCUT2D eigenvalue weighted by molar-refractivity contribution is -0.138. The Kier molecular flexibility index (Phi) is 5.79. The van der Waals surface area contributed by atoms with Crippen LogP contribution in [0.2, 0.25) is 0 Å². The number of benzene rings is 2. The van der Waals surface area contributed by atoms with Gasteiger partial charge in [0, 0.05) is 15.7 Å². The number of nitrogens with one attached hydrogen (secondary N) is 2. The summed E-state index contributed by atoms with van der Waals surface area (Å²) in [6.07, 6.45) is -4.59. The number of aryl methyl sites for hydroxylation is 1. The van der Waals surface area contributed by atoms with Crippen molar-refractivity contribution in [1.82, 2.24) is 4.72 Å². The largest absolute Gasteiger partial charge is 0.417 e. The van der Waals surface area contributed by atoms with E-state index in [0.717, 1.165) is 6.07 Å². The molecule has 0 aliphatic heterocycles. The highest BCUT2D eigenvalue weighted by atomic mass is 79.9. The Labute approximate surface area is 156 Å². The molecule has 0 heterocycles. The van der Waals surface area contributed by atoms with Gasteiger partial charge in [0.25, 0.3) is 5.91 Å². The maximum Gasteiger partial charge on any atom is 0.417 e. The van der Waals surface area contributed by atoms with Gasteiger partial charge in [0.2, 0.25) is 10.0 Å². The van der Waals surface area contributed by atoms with Crippen LogP contribution in [0.4, 0.5) is 18.9 Å². The van der Waals surface area contributed by atoms with Gasteiger partial charge in [-0.1, -0.05) is 22.0 Å². The third-order valence-corrected chi connectivity index (χ3v) is 5.67. The maximum atomic E-state index is 13.0. The molecule has 0 spiro atoms. The van der Waals surface area contributed by atoms with Gasteiger partial charge in [-0.05, 0) is 49.9 Å². The fraction of sp³-hybridized carbons (Fsp3) is 0.188. The monoisotopic (exact) mass is 450 g/mol. The molecule has 1 amide bonds. The second-order valence-corrected chi connectivity index (χ2v) is 8.07. The van der Waals surface area contributed by atoms with Crippen LogP contribution in [-0.4, -0.2) is 21.4 Å². The van der Waals surface area contributed by atoms with Crippen LogP contribution in [0.25, 0.3) is 0 Å². The number of hydrogen-bond acceptors (Lipinski definition) is 3. The van der Waals surface area contributed by atoms with Crippen LogP contribution in [0.15, 0.2) is 45.8 Å². The number of rotatable bonds is 4. The van der Waals surface area contributed by atoms with Crippen LogP contribution in [0.1, 0.15) is 21.5 Å². The van der Waals surface area contributed by atoms with Crippen molar-refractivity contribution < 1.29 is 26.4 Å². The van der Waals surface area contributed by atoms with Crippen molar-refractivity contribution in [3.63, 3.8) is 0 Å². The molecule has 2 N–H and O–H groups in total. The molecule has 0 saturated carbocycles. The SMILES string of the molecule is CNS(=O)(=O)c1ccc(C)c(C(=O)Nc2ccc(Br)c(C(F)(F)F)c2)c1. The van der Waals surface area contributed by atoms with E-state index in [-0.39, 0.29) is 20.6 Å². The van der Waals surface area contributed by atoms with Gasteiger partial charge in [-0.25, -0.2) is 13.1 Å². The van der Waals surface area contributed by atoms with E-state index in [1.54, 1.807) is 6.92 Å². The Balaban J connectivity index is 2.38. The molecule has 0 saturated heterocycles. The van der Waals surface area contributed by atoms with Crippen molar-refractivity contribution in [2.45, 2.75) is 18.0 Å². The number of amides is 1. The van der Waals surface area contributed by atoms with Gasteiger partial charge in [0.15, 0.2) is 0 Å². The molecule has 0 fully saturated rings. The zero-order valence-corrected chi connectivity index (χ0v) is 16.0. The lowest BCUT2D eigenvalue weighted by Crippen LogP contribution is -2.20. The van der Waals surface area contributed by atoms with Gasteiger partial charge in [0.05, 0.1) is 10.5 Å². The fourth-order valence-electron chi connectivity index (χ4n) is 2.15. The molecule has 5 nitrogen and oxygen atoms in total. The zero-order chi connectivity index (χ0) is 19.7. The molecule has 0 unspecified atom stereocenters. The van der Waals surface area contributed by atoms with Crippen molar-refractivity contribution >= 4 is 37.5 Å². The molecule has 0 bridgehead atoms. The molecule has 2 aromatic rings. The topological polar surface area (TPSA) is 75.3 Å². The third kappa shape index (κ3) is 4.43. The number of hydrogen-bond donors (Lipinski definition) is 2. The second-order valence-electron chi connectivity index (χ2n) is 5.33. The molecule has 0 radical (unpaired) electrons. The molecule has 26 heavy (non-hydrogen) atoms. The molecule has 10 heteroatoms. The minimum atomic E-state index is -4.59. The summed E-state index contributed by atoms with van der Waals surface area (Å²) in [6.45, 7) is 1.59. The summed E-state index contributed by atoms with van der Waals surface area (Å²) >= 11 is 2.82. The van der Waals surface area contributed by atoms with Gasteiger partial charge in [0.1, 0.15) is 0 Å². The fourth-order valence-corrected chi connectivity index (χ4v) is 3.38. The first kappa shape index (κ1) is 20.4. The quantitative estimate of drug-likeness (QED) is 0.740. The van der Waals surface area contributed by atoms with Crippen LogP contribution in [0.3, 0.4) is 0 Å². The number of sulfonamides is 1. The highest BCUT2D eigenvalue weighted by Crippen LogP contribution is 2.36. The van der Waals surface area contributed by atoms with Gasteiger partial charge in [-0.15, -0.1) is 0 Å². The van der Waals surface area contributed by atoms with Crippen LogP contribution in [0, 0.1) is 6.92 Å². The number of carbonyl (C=O) groups excluding carboxylic acids is 1. The Morgan fingerprint density at radius 1 is 1.12 bits per heavy atom. The first-order chi connectivity index (χ1) is 12.0. The summed E-state index contributed by atoms with van der Waals surface area (Å²) in [5.74, 6) is -0.717. The summed E-state index contributed by atoms with van der Waals surface area (Å²) in [5.41, 5.74) is -0.478. The zero-order valence-electron chi connectivity index (χ0n) is 13.6. The van der Waals surface area contributed by atoms with E-state index >= 15 is 0 Å². The average molecular weight is 451 g/mol. The van der Waals surface area contributed by atoms with Crippen LogP contribution >= 0.6 is 15.9 Å². The predicted molar refractivity (Wildman–Crippen MR) is 94.5 cm³/mol. The van der Waals surface area contributed by atoms with E-state index in [1.807, 2.05) is 0 Å². The average Bonchev–Trinajstić information content (AvgIpc) is 2.55. The molecule has 140 valence electrons. The number of halogens is 4. The Morgan fingerprint density at radius 2 is 1.77 bits per heavy atom. The Morgan fingerprint density at radius 3 is 2.35 bits per heavy atom. The first-order valence-corrected chi connectivity index (χ1v) is 9.45. The number of carbonyl (C=O) groups is 1. The highest BCUT2D eigenvalue weighted by Gasteiger charge is 2.33. The normalized spacial score (nSPS) is 12.1. The minimum absolute atomic E-state index is 0.0396. The molecule has 0 aromatic heterocycles. The lowest BCUT2D eigenvalue weighted by atomic mass is 10.1. The van der Waals surface area contributed by atoms with Crippen LogP contribution < -0.4 is 10.0 Å². The molecule has 0 aliphatic rings. The van der Waals surface area contributed by atoms with Crippen LogP contribution in [0.5, 0.6) is 0 Å². The summed E-state index contributed by atoms with van der Waals surface area (Å²) in [6, 6.07) is 7.22. The summed E-state index contributed by atoms with van der Waals surface area (Å²) < 4.78 is 64.6. The van der Waals surface area contributed by atoms with Crippen molar-refractivity contribution in [2.75, 3.05) is 12.4 Å². The summed E-state index contributed by atoms with van der Waals surface area (Å²) in [5, 5.41) is 2.36. The van der Waals surface area contributed by atoms with Gasteiger partial charge in [-0.3, -0.25) is 4.79 Å². The molecular weight excluding hydrogens is 437 g/mol. The summed E-state index contributed by atoms with van der Waals surface area (Å²) in [7, 11) is -2.53. The van der Waals surface area contributed by atoms with Crippen molar-refractivity contribution in [3.8, 4) is 0 Å². The van der Waals surface area contributed by atoms with E-state index in [1.165, 1.54) is 37.4 Å². The van der Waals surface area contributed by atoms with E-state index in [0.29, 0.717) is 5.56 Å². The second kappa shape index (κ2) is 7.37. The highest BCUT2D eigenvalue weighted by molar-refractivity contribution is 9.10. The molecule has 0 atom stereocenters. The smallest absolute Gasteiger partial charge is 0.322 e. The first-order valence-electron chi connectivity index (χ1n) is 7.18. The van der Waals surface area contributed by atoms with E-state index < -0.39 is 27.7 Å². The number of anilines is 1. The molecule has 0 aliphatic carbocycles. The van der Waals surface area contributed by atoms with Gasteiger partial charge in [-0.2, -0.15) is 13.2 Å².